The highest BCUT2D eigenvalue weighted by molar-refractivity contribution is 4.83. The molecule has 0 radical (unpaired) electrons. The first kappa shape index (κ1) is 10.0. The predicted molar refractivity (Wildman–Crippen MR) is 51.0 cm³/mol. The van der Waals surface area contributed by atoms with Gasteiger partial charge in [0, 0.05) is 12.0 Å². The van der Waals surface area contributed by atoms with Gasteiger partial charge in [-0.25, -0.2) is 0 Å². The van der Waals surface area contributed by atoms with Gasteiger partial charge in [-0.1, -0.05) is 20.8 Å². The SMILES string of the molecule is CC1(C)CCNC(C(C)(C)C)O1. The Labute approximate surface area is 75.7 Å². The van der Waals surface area contributed by atoms with Crippen LogP contribution in [0, 0.1) is 5.41 Å². The van der Waals surface area contributed by atoms with Crippen molar-refractivity contribution in [3.63, 3.8) is 0 Å². The number of rotatable bonds is 0. The summed E-state index contributed by atoms with van der Waals surface area (Å²) in [6, 6.07) is 0. The zero-order valence-electron chi connectivity index (χ0n) is 8.90. The lowest BCUT2D eigenvalue weighted by Crippen LogP contribution is -2.53. The molecule has 1 unspecified atom stereocenters. The van der Waals surface area contributed by atoms with Gasteiger partial charge in [-0.05, 0) is 20.3 Å². The summed E-state index contributed by atoms with van der Waals surface area (Å²) in [5.41, 5.74) is 0.237. The lowest BCUT2D eigenvalue weighted by Gasteiger charge is -2.42. The van der Waals surface area contributed by atoms with E-state index in [-0.39, 0.29) is 17.2 Å². The molecule has 0 aromatic carbocycles. The molecule has 0 aromatic heterocycles. The van der Waals surface area contributed by atoms with Crippen molar-refractivity contribution in [1.82, 2.24) is 5.32 Å². The van der Waals surface area contributed by atoms with E-state index in [0.29, 0.717) is 0 Å². The monoisotopic (exact) mass is 171 g/mol. The Morgan fingerprint density at radius 2 is 1.92 bits per heavy atom. The van der Waals surface area contributed by atoms with Crippen LogP contribution in [0.2, 0.25) is 0 Å². The summed E-state index contributed by atoms with van der Waals surface area (Å²) in [6.45, 7) is 12.0. The highest BCUT2D eigenvalue weighted by Crippen LogP contribution is 2.29. The molecule has 0 saturated carbocycles. The van der Waals surface area contributed by atoms with Crippen LogP contribution in [-0.4, -0.2) is 18.4 Å². The van der Waals surface area contributed by atoms with E-state index in [0.717, 1.165) is 13.0 Å². The Bertz CT molecular complexity index is 154. The predicted octanol–water partition coefficient (Wildman–Crippen LogP) is 2.15. The zero-order valence-corrected chi connectivity index (χ0v) is 8.90. The van der Waals surface area contributed by atoms with Gasteiger partial charge in [0.25, 0.3) is 0 Å². The van der Waals surface area contributed by atoms with Crippen LogP contribution < -0.4 is 5.32 Å². The van der Waals surface area contributed by atoms with Crippen LogP contribution in [0.15, 0.2) is 0 Å². The van der Waals surface area contributed by atoms with Crippen LogP contribution in [0.25, 0.3) is 0 Å². The van der Waals surface area contributed by atoms with Crippen molar-refractivity contribution < 1.29 is 4.74 Å². The Hall–Kier alpha value is -0.0800. The topological polar surface area (TPSA) is 21.3 Å². The third kappa shape index (κ3) is 2.46. The van der Waals surface area contributed by atoms with Gasteiger partial charge in [-0.3, -0.25) is 5.32 Å². The van der Waals surface area contributed by atoms with E-state index >= 15 is 0 Å². The third-order valence-corrected chi connectivity index (χ3v) is 2.28. The van der Waals surface area contributed by atoms with E-state index < -0.39 is 0 Å². The lowest BCUT2D eigenvalue weighted by molar-refractivity contribution is -0.155. The Balaban J connectivity index is 2.58. The first-order chi connectivity index (χ1) is 5.31. The van der Waals surface area contributed by atoms with Crippen LogP contribution in [0.5, 0.6) is 0 Å². The molecule has 0 bridgehead atoms. The number of nitrogens with one attached hydrogen (secondary N) is 1. The average Bonchev–Trinajstić information content (AvgIpc) is 1.83. The van der Waals surface area contributed by atoms with E-state index in [1.165, 1.54) is 0 Å². The van der Waals surface area contributed by atoms with Crippen LogP contribution in [0.1, 0.15) is 41.0 Å². The summed E-state index contributed by atoms with van der Waals surface area (Å²) in [5, 5.41) is 3.39. The highest BCUT2D eigenvalue weighted by Gasteiger charge is 2.34. The molecular weight excluding hydrogens is 150 g/mol. The molecular formula is C10H21NO. The maximum absolute atomic E-state index is 5.93. The molecule has 1 N–H and O–H groups in total. The second-order valence-electron chi connectivity index (χ2n) is 5.33. The Morgan fingerprint density at radius 3 is 2.25 bits per heavy atom. The summed E-state index contributed by atoms with van der Waals surface area (Å²) >= 11 is 0. The van der Waals surface area contributed by atoms with E-state index in [1.54, 1.807) is 0 Å². The smallest absolute Gasteiger partial charge is 0.113 e. The van der Waals surface area contributed by atoms with Gasteiger partial charge in [0.1, 0.15) is 6.23 Å². The molecule has 0 spiro atoms. The number of hydrogen-bond donors (Lipinski definition) is 1. The molecule has 0 aromatic rings. The van der Waals surface area contributed by atoms with Crippen LogP contribution in [0.4, 0.5) is 0 Å². The third-order valence-electron chi connectivity index (χ3n) is 2.28. The van der Waals surface area contributed by atoms with E-state index in [9.17, 15) is 0 Å². The second kappa shape index (κ2) is 3.00. The minimum absolute atomic E-state index is 0.0448. The van der Waals surface area contributed by atoms with Crippen LogP contribution in [0.3, 0.4) is 0 Å². The molecule has 2 heteroatoms. The molecule has 1 saturated heterocycles. The molecule has 2 nitrogen and oxygen atoms in total. The normalized spacial score (nSPS) is 30.2. The van der Waals surface area contributed by atoms with Gasteiger partial charge in [0.15, 0.2) is 0 Å². The van der Waals surface area contributed by atoms with Crippen molar-refractivity contribution in [1.29, 1.82) is 0 Å². The largest absolute Gasteiger partial charge is 0.357 e. The van der Waals surface area contributed by atoms with Gasteiger partial charge in [-0.15, -0.1) is 0 Å². The Morgan fingerprint density at radius 1 is 1.33 bits per heavy atom. The molecule has 0 aliphatic carbocycles. The zero-order chi connectivity index (χ0) is 9.41. The molecule has 1 fully saturated rings. The van der Waals surface area contributed by atoms with E-state index in [2.05, 4.69) is 39.9 Å². The Kier molecular flexibility index (Phi) is 2.50. The fourth-order valence-corrected chi connectivity index (χ4v) is 1.41. The fraction of sp³-hybridized carbons (Fsp3) is 1.00. The highest BCUT2D eigenvalue weighted by atomic mass is 16.5. The quantitative estimate of drug-likeness (QED) is 0.603. The summed E-state index contributed by atoms with van der Waals surface area (Å²) in [7, 11) is 0. The van der Waals surface area contributed by atoms with Gasteiger partial charge in [0.05, 0.1) is 5.60 Å². The average molecular weight is 171 g/mol. The molecule has 1 atom stereocenters. The van der Waals surface area contributed by atoms with Crippen molar-refractivity contribution in [3.05, 3.63) is 0 Å². The van der Waals surface area contributed by atoms with Crippen molar-refractivity contribution in [2.24, 2.45) is 5.41 Å². The second-order valence-corrected chi connectivity index (χ2v) is 5.33. The number of hydrogen-bond acceptors (Lipinski definition) is 2. The minimum Gasteiger partial charge on any atom is -0.357 e. The van der Waals surface area contributed by atoms with Gasteiger partial charge < -0.3 is 4.74 Å². The van der Waals surface area contributed by atoms with Gasteiger partial charge >= 0.3 is 0 Å². The molecule has 0 amide bonds. The summed E-state index contributed by atoms with van der Waals surface area (Å²) in [4.78, 5) is 0. The maximum atomic E-state index is 5.93. The van der Waals surface area contributed by atoms with Gasteiger partial charge in [-0.2, -0.15) is 0 Å². The van der Waals surface area contributed by atoms with E-state index in [1.807, 2.05) is 0 Å². The summed E-state index contributed by atoms with van der Waals surface area (Å²) in [5.74, 6) is 0. The first-order valence-corrected chi connectivity index (χ1v) is 4.72. The molecule has 12 heavy (non-hydrogen) atoms. The minimum atomic E-state index is 0.0448. The van der Waals surface area contributed by atoms with E-state index in [4.69, 9.17) is 4.74 Å². The first-order valence-electron chi connectivity index (χ1n) is 4.72. The summed E-state index contributed by atoms with van der Waals surface area (Å²) < 4.78 is 5.93. The molecule has 1 heterocycles. The molecule has 1 rings (SSSR count). The van der Waals surface area contributed by atoms with Crippen molar-refractivity contribution in [2.45, 2.75) is 52.9 Å². The van der Waals surface area contributed by atoms with Crippen molar-refractivity contribution >= 4 is 0 Å². The fourth-order valence-electron chi connectivity index (χ4n) is 1.41. The van der Waals surface area contributed by atoms with Crippen LogP contribution >= 0.6 is 0 Å². The molecule has 72 valence electrons. The number of ether oxygens (including phenoxy) is 1. The molecule has 1 aliphatic rings. The van der Waals surface area contributed by atoms with Gasteiger partial charge in [0.2, 0.25) is 0 Å². The van der Waals surface area contributed by atoms with Crippen molar-refractivity contribution in [3.8, 4) is 0 Å². The van der Waals surface area contributed by atoms with Crippen LogP contribution in [-0.2, 0) is 4.74 Å². The molecule has 1 aliphatic heterocycles. The lowest BCUT2D eigenvalue weighted by atomic mass is 9.91. The summed E-state index contributed by atoms with van der Waals surface area (Å²) in [6.07, 6.45) is 1.29. The maximum Gasteiger partial charge on any atom is 0.113 e. The van der Waals surface area contributed by atoms with Crippen molar-refractivity contribution in [2.75, 3.05) is 6.54 Å². The standard InChI is InChI=1S/C10H21NO/c1-9(2,3)8-11-7-6-10(4,5)12-8/h8,11H,6-7H2,1-5H3.